The lowest BCUT2D eigenvalue weighted by Crippen LogP contribution is -2.14. The van der Waals surface area contributed by atoms with Crippen LogP contribution in [-0.4, -0.2) is 36.6 Å². The minimum Gasteiger partial charge on any atom is -0.300 e. The van der Waals surface area contributed by atoms with Gasteiger partial charge in [0.1, 0.15) is 5.82 Å². The predicted octanol–water partition coefficient (Wildman–Crippen LogP) is 4.70. The summed E-state index contributed by atoms with van der Waals surface area (Å²) in [4.78, 5) is 12.4. The van der Waals surface area contributed by atoms with Crippen LogP contribution in [-0.2, 0) is 17.0 Å². The first-order chi connectivity index (χ1) is 15.2. The molecule has 0 aliphatic rings. The number of para-hydroxylation sites is 1. The molecular formula is C21H20N6OS3. The smallest absolute Gasteiger partial charge is 0.236 e. The van der Waals surface area contributed by atoms with E-state index in [0.29, 0.717) is 10.3 Å². The molecule has 10 heteroatoms. The molecule has 2 aromatic carbocycles. The van der Waals surface area contributed by atoms with Gasteiger partial charge in [-0.3, -0.25) is 14.7 Å². The minimum atomic E-state index is -0.151. The molecule has 31 heavy (non-hydrogen) atoms. The van der Waals surface area contributed by atoms with Gasteiger partial charge in [-0.05, 0) is 17.7 Å². The van der Waals surface area contributed by atoms with Crippen molar-refractivity contribution in [1.29, 1.82) is 0 Å². The van der Waals surface area contributed by atoms with Crippen molar-refractivity contribution >= 4 is 45.9 Å². The second-order valence-corrected chi connectivity index (χ2v) is 9.55. The maximum atomic E-state index is 12.4. The molecule has 7 nitrogen and oxygen atoms in total. The van der Waals surface area contributed by atoms with E-state index in [4.69, 9.17) is 0 Å². The number of carbonyl (C=O) groups is 1. The van der Waals surface area contributed by atoms with E-state index >= 15 is 0 Å². The largest absolute Gasteiger partial charge is 0.300 e. The summed E-state index contributed by atoms with van der Waals surface area (Å²) in [5.41, 5.74) is 2.20. The standard InChI is InChI=1S/C21H20N6OS3/c1-2-17-23-25-20(27(17)16-11-7-4-8-12-16)29-14-18(28)22-19-24-26-21(31-19)30-13-15-9-5-3-6-10-15/h3-12H,2,13-14H2,1H3,(H,22,24,28). The minimum absolute atomic E-state index is 0.151. The Morgan fingerprint density at radius 1 is 0.968 bits per heavy atom. The Hall–Kier alpha value is -2.69. The Labute approximate surface area is 192 Å². The van der Waals surface area contributed by atoms with E-state index in [0.717, 1.165) is 28.0 Å². The maximum absolute atomic E-state index is 12.4. The highest BCUT2D eigenvalue weighted by molar-refractivity contribution is 8.00. The number of carbonyl (C=O) groups excluding carboxylic acids is 1. The van der Waals surface area contributed by atoms with E-state index in [9.17, 15) is 4.79 Å². The number of amides is 1. The van der Waals surface area contributed by atoms with E-state index in [1.165, 1.54) is 28.7 Å². The van der Waals surface area contributed by atoms with Crippen molar-refractivity contribution in [2.24, 2.45) is 0 Å². The highest BCUT2D eigenvalue weighted by Crippen LogP contribution is 2.28. The van der Waals surface area contributed by atoms with Crippen LogP contribution in [0.2, 0.25) is 0 Å². The number of benzene rings is 2. The SMILES string of the molecule is CCc1nnc(SCC(=O)Nc2nnc(SCc3ccccc3)s2)n1-c1ccccc1. The monoisotopic (exact) mass is 468 g/mol. The lowest BCUT2D eigenvalue weighted by molar-refractivity contribution is -0.113. The van der Waals surface area contributed by atoms with Gasteiger partial charge >= 0.3 is 0 Å². The van der Waals surface area contributed by atoms with Crippen molar-refractivity contribution in [3.8, 4) is 5.69 Å². The molecule has 1 amide bonds. The predicted molar refractivity (Wildman–Crippen MR) is 126 cm³/mol. The quantitative estimate of drug-likeness (QED) is 0.281. The van der Waals surface area contributed by atoms with Gasteiger partial charge < -0.3 is 0 Å². The first-order valence-electron chi connectivity index (χ1n) is 9.65. The Morgan fingerprint density at radius 3 is 2.45 bits per heavy atom. The summed E-state index contributed by atoms with van der Waals surface area (Å²) in [6.45, 7) is 2.04. The molecule has 2 heterocycles. The topological polar surface area (TPSA) is 85.6 Å². The number of hydrogen-bond acceptors (Lipinski definition) is 8. The number of anilines is 1. The van der Waals surface area contributed by atoms with Crippen LogP contribution in [0.5, 0.6) is 0 Å². The van der Waals surface area contributed by atoms with Crippen LogP contribution in [0.3, 0.4) is 0 Å². The fraction of sp³-hybridized carbons (Fsp3) is 0.190. The lowest BCUT2D eigenvalue weighted by Gasteiger charge is -2.08. The molecule has 2 aromatic heterocycles. The van der Waals surface area contributed by atoms with Crippen molar-refractivity contribution in [3.05, 3.63) is 72.1 Å². The fourth-order valence-corrected chi connectivity index (χ4v) is 5.28. The van der Waals surface area contributed by atoms with Crippen LogP contribution in [0.25, 0.3) is 5.69 Å². The molecule has 158 valence electrons. The highest BCUT2D eigenvalue weighted by Gasteiger charge is 2.15. The molecule has 4 rings (SSSR count). The average Bonchev–Trinajstić information content (AvgIpc) is 3.44. The zero-order valence-electron chi connectivity index (χ0n) is 16.8. The van der Waals surface area contributed by atoms with Gasteiger partial charge in [0, 0.05) is 17.9 Å². The third-order valence-electron chi connectivity index (χ3n) is 4.22. The van der Waals surface area contributed by atoms with Crippen LogP contribution < -0.4 is 5.32 Å². The molecule has 1 N–H and O–H groups in total. The zero-order valence-corrected chi connectivity index (χ0v) is 19.2. The first kappa shape index (κ1) is 21.5. The van der Waals surface area contributed by atoms with E-state index in [-0.39, 0.29) is 11.7 Å². The molecule has 0 saturated heterocycles. The number of thioether (sulfide) groups is 2. The van der Waals surface area contributed by atoms with Gasteiger partial charge in [-0.1, -0.05) is 90.3 Å². The van der Waals surface area contributed by atoms with Crippen LogP contribution in [0, 0.1) is 0 Å². The highest BCUT2D eigenvalue weighted by atomic mass is 32.2. The molecule has 0 saturated carbocycles. The molecule has 0 atom stereocenters. The molecule has 4 aromatic rings. The Kier molecular flexibility index (Phi) is 7.34. The van der Waals surface area contributed by atoms with E-state index < -0.39 is 0 Å². The maximum Gasteiger partial charge on any atom is 0.236 e. The van der Waals surface area contributed by atoms with Crippen molar-refractivity contribution in [3.63, 3.8) is 0 Å². The Balaban J connectivity index is 1.33. The first-order valence-corrected chi connectivity index (χ1v) is 12.4. The van der Waals surface area contributed by atoms with Crippen LogP contribution in [0.4, 0.5) is 5.13 Å². The van der Waals surface area contributed by atoms with E-state index in [1.54, 1.807) is 11.8 Å². The summed E-state index contributed by atoms with van der Waals surface area (Å²) in [5.74, 6) is 1.73. The van der Waals surface area contributed by atoms with E-state index in [2.05, 4.69) is 37.8 Å². The van der Waals surface area contributed by atoms with Crippen molar-refractivity contribution in [2.45, 2.75) is 28.6 Å². The van der Waals surface area contributed by atoms with Crippen LogP contribution in [0.15, 0.2) is 70.2 Å². The van der Waals surface area contributed by atoms with Gasteiger partial charge in [-0.25, -0.2) is 0 Å². The second kappa shape index (κ2) is 10.6. The fourth-order valence-electron chi connectivity index (χ4n) is 2.78. The van der Waals surface area contributed by atoms with Gasteiger partial charge in [-0.15, -0.1) is 20.4 Å². The lowest BCUT2D eigenvalue weighted by atomic mass is 10.2. The number of aromatic nitrogens is 5. The van der Waals surface area contributed by atoms with Crippen LogP contribution >= 0.6 is 34.9 Å². The summed E-state index contributed by atoms with van der Waals surface area (Å²) >= 11 is 4.33. The molecule has 0 aliphatic carbocycles. The summed E-state index contributed by atoms with van der Waals surface area (Å²) in [6, 6.07) is 20.1. The zero-order chi connectivity index (χ0) is 21.5. The number of rotatable bonds is 9. The Bertz CT molecular complexity index is 1130. The third kappa shape index (κ3) is 5.72. The normalized spacial score (nSPS) is 10.9. The van der Waals surface area contributed by atoms with Gasteiger partial charge in [0.2, 0.25) is 11.0 Å². The van der Waals surface area contributed by atoms with Gasteiger partial charge in [0.05, 0.1) is 5.75 Å². The van der Waals surface area contributed by atoms with Crippen molar-refractivity contribution in [2.75, 3.05) is 11.1 Å². The van der Waals surface area contributed by atoms with Crippen molar-refractivity contribution < 1.29 is 4.79 Å². The molecule has 0 radical (unpaired) electrons. The van der Waals surface area contributed by atoms with Crippen molar-refractivity contribution in [1.82, 2.24) is 25.0 Å². The summed E-state index contributed by atoms with van der Waals surface area (Å²) < 4.78 is 2.81. The summed E-state index contributed by atoms with van der Waals surface area (Å²) in [6.07, 6.45) is 0.753. The number of aryl methyl sites for hydroxylation is 1. The Morgan fingerprint density at radius 2 is 1.71 bits per heavy atom. The van der Waals surface area contributed by atoms with E-state index in [1.807, 2.05) is 60.0 Å². The summed E-state index contributed by atoms with van der Waals surface area (Å²) in [7, 11) is 0. The molecule has 0 fully saturated rings. The molecule has 0 bridgehead atoms. The van der Waals surface area contributed by atoms with Crippen LogP contribution in [0.1, 0.15) is 18.3 Å². The molecule has 0 spiro atoms. The average molecular weight is 469 g/mol. The number of nitrogens with zero attached hydrogens (tertiary/aromatic N) is 5. The second-order valence-electron chi connectivity index (χ2n) is 6.41. The number of nitrogens with one attached hydrogen (secondary N) is 1. The van der Waals surface area contributed by atoms with Gasteiger partial charge in [0.15, 0.2) is 9.50 Å². The third-order valence-corrected chi connectivity index (χ3v) is 7.19. The summed E-state index contributed by atoms with van der Waals surface area (Å²) in [5, 5.41) is 20.8. The molecular weight excluding hydrogens is 448 g/mol. The molecule has 0 unspecified atom stereocenters. The van der Waals surface area contributed by atoms with Gasteiger partial charge in [-0.2, -0.15) is 0 Å². The van der Waals surface area contributed by atoms with Gasteiger partial charge in [0.25, 0.3) is 0 Å². The number of hydrogen-bond donors (Lipinski definition) is 1. The molecule has 0 aliphatic heterocycles.